The zero-order chi connectivity index (χ0) is 18.8. The van der Waals surface area contributed by atoms with E-state index >= 15 is 0 Å². The summed E-state index contributed by atoms with van der Waals surface area (Å²) in [5.74, 6) is 1.15. The summed E-state index contributed by atoms with van der Waals surface area (Å²) in [4.78, 5) is 16.7. The van der Waals surface area contributed by atoms with Crippen LogP contribution in [0.3, 0.4) is 0 Å². The first-order valence-electron chi connectivity index (χ1n) is 8.38. The first-order valence-corrected chi connectivity index (χ1v) is 8.38. The fraction of sp³-hybridized carbons (Fsp3) is 0.150. The number of fused-ring (bicyclic) bond motifs is 1. The second-order valence-corrected chi connectivity index (χ2v) is 5.99. The monoisotopic (exact) mass is 363 g/mol. The van der Waals surface area contributed by atoms with Crippen LogP contribution in [0.2, 0.25) is 0 Å². The molecule has 1 aromatic carbocycles. The van der Waals surface area contributed by atoms with Crippen molar-refractivity contribution in [2.45, 2.75) is 13.5 Å². The van der Waals surface area contributed by atoms with Crippen molar-refractivity contribution in [3.63, 3.8) is 0 Å². The standard InChI is InChI=1S/C20H17N3O4/c1-12-15-7-6-13(25-2)10-18(15)26-19(12)20(24)22-11-14-9-17(23-27-14)16-5-3-4-8-21-16/h3-10H,11H2,1-2H3,(H,22,24). The van der Waals surface area contributed by atoms with Crippen LogP contribution in [-0.4, -0.2) is 23.2 Å². The average molecular weight is 363 g/mol. The molecule has 0 saturated heterocycles. The molecule has 0 aliphatic heterocycles. The van der Waals surface area contributed by atoms with Gasteiger partial charge < -0.3 is 19.0 Å². The van der Waals surface area contributed by atoms with Crippen LogP contribution in [0, 0.1) is 6.92 Å². The quantitative estimate of drug-likeness (QED) is 0.581. The minimum Gasteiger partial charge on any atom is -0.497 e. The van der Waals surface area contributed by atoms with Gasteiger partial charge in [0.1, 0.15) is 17.0 Å². The van der Waals surface area contributed by atoms with Crippen LogP contribution in [0.4, 0.5) is 0 Å². The molecule has 3 aromatic heterocycles. The number of hydrogen-bond donors (Lipinski definition) is 1. The van der Waals surface area contributed by atoms with E-state index in [2.05, 4.69) is 15.5 Å². The number of amides is 1. The third kappa shape index (κ3) is 3.27. The van der Waals surface area contributed by atoms with Crippen LogP contribution < -0.4 is 10.1 Å². The molecule has 0 atom stereocenters. The highest BCUT2D eigenvalue weighted by Crippen LogP contribution is 2.28. The molecular formula is C20H17N3O4. The Kier molecular flexibility index (Phi) is 4.33. The lowest BCUT2D eigenvalue weighted by atomic mass is 10.1. The van der Waals surface area contributed by atoms with Gasteiger partial charge in [-0.05, 0) is 31.2 Å². The van der Waals surface area contributed by atoms with Gasteiger partial charge in [-0.1, -0.05) is 11.2 Å². The van der Waals surface area contributed by atoms with Crippen LogP contribution in [-0.2, 0) is 6.54 Å². The molecule has 1 N–H and O–H groups in total. The number of aromatic nitrogens is 2. The number of aryl methyl sites for hydroxylation is 1. The molecule has 0 fully saturated rings. The Hall–Kier alpha value is -3.61. The van der Waals surface area contributed by atoms with Gasteiger partial charge in [0.05, 0.1) is 19.3 Å². The Bertz CT molecular complexity index is 1100. The summed E-state index contributed by atoms with van der Waals surface area (Å²) in [6.45, 7) is 2.04. The van der Waals surface area contributed by atoms with E-state index in [0.717, 1.165) is 10.9 Å². The maximum Gasteiger partial charge on any atom is 0.287 e. The number of hydrogen-bond acceptors (Lipinski definition) is 6. The number of carbonyl (C=O) groups is 1. The largest absolute Gasteiger partial charge is 0.497 e. The third-order valence-corrected chi connectivity index (χ3v) is 4.26. The Morgan fingerprint density at radius 2 is 2.07 bits per heavy atom. The van der Waals surface area contributed by atoms with Gasteiger partial charge in [-0.25, -0.2) is 0 Å². The first-order chi connectivity index (χ1) is 13.2. The highest BCUT2D eigenvalue weighted by molar-refractivity contribution is 5.99. The van der Waals surface area contributed by atoms with Crippen molar-refractivity contribution < 1.29 is 18.5 Å². The van der Waals surface area contributed by atoms with Crippen LogP contribution in [0.1, 0.15) is 21.9 Å². The van der Waals surface area contributed by atoms with Crippen molar-refractivity contribution in [1.29, 1.82) is 0 Å². The maximum atomic E-state index is 12.5. The molecule has 136 valence electrons. The van der Waals surface area contributed by atoms with Crippen molar-refractivity contribution in [2.75, 3.05) is 7.11 Å². The van der Waals surface area contributed by atoms with Gasteiger partial charge in [0.2, 0.25) is 0 Å². The topological polar surface area (TPSA) is 90.4 Å². The molecule has 0 aliphatic carbocycles. The van der Waals surface area contributed by atoms with E-state index in [1.54, 1.807) is 25.4 Å². The molecule has 0 radical (unpaired) electrons. The number of ether oxygens (including phenoxy) is 1. The Morgan fingerprint density at radius 1 is 1.19 bits per heavy atom. The van der Waals surface area contributed by atoms with Gasteiger partial charge >= 0.3 is 0 Å². The van der Waals surface area contributed by atoms with E-state index in [9.17, 15) is 4.79 Å². The molecule has 0 bridgehead atoms. The fourth-order valence-electron chi connectivity index (χ4n) is 2.83. The zero-order valence-electron chi connectivity index (χ0n) is 14.9. The van der Waals surface area contributed by atoms with Gasteiger partial charge in [-0.15, -0.1) is 0 Å². The molecule has 0 unspecified atom stereocenters. The Balaban J connectivity index is 1.49. The van der Waals surface area contributed by atoms with Crippen LogP contribution >= 0.6 is 0 Å². The molecule has 0 spiro atoms. The molecule has 7 nitrogen and oxygen atoms in total. The summed E-state index contributed by atoms with van der Waals surface area (Å²) in [5.41, 5.74) is 2.71. The summed E-state index contributed by atoms with van der Waals surface area (Å²) in [5, 5.41) is 7.65. The minimum atomic E-state index is -0.321. The fourth-order valence-corrected chi connectivity index (χ4v) is 2.83. The Morgan fingerprint density at radius 3 is 2.85 bits per heavy atom. The first kappa shape index (κ1) is 16.8. The molecule has 7 heteroatoms. The van der Waals surface area contributed by atoms with Crippen molar-refractivity contribution in [2.24, 2.45) is 0 Å². The molecular weight excluding hydrogens is 346 g/mol. The molecule has 0 aliphatic rings. The highest BCUT2D eigenvalue weighted by Gasteiger charge is 2.18. The van der Waals surface area contributed by atoms with E-state index in [1.807, 2.05) is 37.3 Å². The second-order valence-electron chi connectivity index (χ2n) is 5.99. The van der Waals surface area contributed by atoms with Gasteiger partial charge in [-0.3, -0.25) is 9.78 Å². The van der Waals surface area contributed by atoms with Gasteiger partial charge in [0.25, 0.3) is 5.91 Å². The second kappa shape index (κ2) is 6.95. The summed E-state index contributed by atoms with van der Waals surface area (Å²) >= 11 is 0. The van der Waals surface area contributed by atoms with Crippen molar-refractivity contribution in [3.05, 3.63) is 65.7 Å². The van der Waals surface area contributed by atoms with Crippen LogP contribution in [0.15, 0.2) is 57.6 Å². The lowest BCUT2D eigenvalue weighted by molar-refractivity contribution is 0.0920. The SMILES string of the molecule is COc1ccc2c(C)c(C(=O)NCc3cc(-c4ccccn4)no3)oc2c1. The highest BCUT2D eigenvalue weighted by atomic mass is 16.5. The van der Waals surface area contributed by atoms with E-state index in [-0.39, 0.29) is 18.2 Å². The summed E-state index contributed by atoms with van der Waals surface area (Å²) in [7, 11) is 1.58. The number of pyridine rings is 1. The lowest BCUT2D eigenvalue weighted by Gasteiger charge is -2.00. The van der Waals surface area contributed by atoms with Gasteiger partial charge in [0.15, 0.2) is 11.5 Å². The molecule has 3 heterocycles. The number of furan rings is 1. The van der Waals surface area contributed by atoms with Gasteiger partial charge in [0, 0.05) is 29.3 Å². The van der Waals surface area contributed by atoms with Crippen molar-refractivity contribution in [3.8, 4) is 17.1 Å². The predicted octanol–water partition coefficient (Wildman–Crippen LogP) is 3.73. The Labute approximate surface area is 154 Å². The number of rotatable bonds is 5. The number of methoxy groups -OCH3 is 1. The van der Waals surface area contributed by atoms with Crippen molar-refractivity contribution in [1.82, 2.24) is 15.5 Å². The average Bonchev–Trinajstić information content (AvgIpc) is 3.31. The van der Waals surface area contributed by atoms with E-state index in [4.69, 9.17) is 13.7 Å². The summed E-state index contributed by atoms with van der Waals surface area (Å²) in [6.07, 6.45) is 1.69. The normalized spacial score (nSPS) is 10.9. The number of nitrogens with one attached hydrogen (secondary N) is 1. The molecule has 4 rings (SSSR count). The number of benzene rings is 1. The zero-order valence-corrected chi connectivity index (χ0v) is 14.9. The van der Waals surface area contributed by atoms with Crippen molar-refractivity contribution >= 4 is 16.9 Å². The van der Waals surface area contributed by atoms with E-state index < -0.39 is 0 Å². The molecule has 0 saturated carbocycles. The number of nitrogens with zero attached hydrogens (tertiary/aromatic N) is 2. The summed E-state index contributed by atoms with van der Waals surface area (Å²) < 4.78 is 16.2. The molecule has 1 amide bonds. The number of carbonyl (C=O) groups excluding carboxylic acids is 1. The smallest absolute Gasteiger partial charge is 0.287 e. The van der Waals surface area contributed by atoms with Crippen LogP contribution in [0.25, 0.3) is 22.4 Å². The maximum absolute atomic E-state index is 12.5. The molecule has 27 heavy (non-hydrogen) atoms. The lowest BCUT2D eigenvalue weighted by Crippen LogP contribution is -2.22. The molecule has 4 aromatic rings. The van der Waals surface area contributed by atoms with Gasteiger partial charge in [-0.2, -0.15) is 0 Å². The summed E-state index contributed by atoms with van der Waals surface area (Å²) in [6, 6.07) is 12.8. The van der Waals surface area contributed by atoms with E-state index in [1.165, 1.54) is 0 Å². The van der Waals surface area contributed by atoms with Crippen LogP contribution in [0.5, 0.6) is 5.75 Å². The predicted molar refractivity (Wildman–Crippen MR) is 98.4 cm³/mol. The van der Waals surface area contributed by atoms with E-state index in [0.29, 0.717) is 28.5 Å². The minimum absolute atomic E-state index is 0.193. The third-order valence-electron chi connectivity index (χ3n) is 4.26.